The van der Waals surface area contributed by atoms with Crippen molar-refractivity contribution in [3.8, 4) is 5.75 Å². The Hall–Kier alpha value is -2.52. The molecule has 0 aromatic heterocycles. The fourth-order valence-electron chi connectivity index (χ4n) is 2.49. The molecule has 0 spiro atoms. The maximum Gasteiger partial charge on any atom is 0.121 e. The quantitative estimate of drug-likeness (QED) is 0.726. The van der Waals surface area contributed by atoms with Crippen molar-refractivity contribution in [1.29, 1.82) is 0 Å². The Kier molecular flexibility index (Phi) is 4.56. The first-order chi connectivity index (χ1) is 10.9. The molecule has 0 saturated carbocycles. The van der Waals surface area contributed by atoms with Crippen molar-refractivity contribution in [3.05, 3.63) is 72.3 Å². The average molecular weight is 292 g/mol. The standard InChI is InChI=1S/C19H20N2O/c20-11-12-21-17-8-4-9-18(13-17)22-14-16-7-3-6-15-5-1-2-10-19(15)16/h1-10,13,21H,11-12,14,20H2. The molecular weight excluding hydrogens is 272 g/mol. The zero-order valence-corrected chi connectivity index (χ0v) is 12.5. The zero-order valence-electron chi connectivity index (χ0n) is 12.5. The van der Waals surface area contributed by atoms with Crippen molar-refractivity contribution >= 4 is 16.5 Å². The van der Waals surface area contributed by atoms with Gasteiger partial charge < -0.3 is 15.8 Å². The molecule has 0 heterocycles. The van der Waals surface area contributed by atoms with Crippen molar-refractivity contribution in [2.75, 3.05) is 18.4 Å². The first kappa shape index (κ1) is 14.4. The third-order valence-corrected chi connectivity index (χ3v) is 3.58. The molecule has 0 unspecified atom stereocenters. The van der Waals surface area contributed by atoms with E-state index in [1.807, 2.05) is 24.3 Å². The maximum absolute atomic E-state index is 5.95. The topological polar surface area (TPSA) is 47.3 Å². The summed E-state index contributed by atoms with van der Waals surface area (Å²) in [5, 5.41) is 5.73. The summed E-state index contributed by atoms with van der Waals surface area (Å²) in [5.74, 6) is 0.856. The van der Waals surface area contributed by atoms with E-state index in [4.69, 9.17) is 10.5 Å². The van der Waals surface area contributed by atoms with E-state index in [9.17, 15) is 0 Å². The fraction of sp³-hybridized carbons (Fsp3) is 0.158. The Morgan fingerprint density at radius 1 is 0.909 bits per heavy atom. The summed E-state index contributed by atoms with van der Waals surface area (Å²) < 4.78 is 5.95. The average Bonchev–Trinajstić information content (AvgIpc) is 2.58. The first-order valence-electron chi connectivity index (χ1n) is 7.50. The second-order valence-electron chi connectivity index (χ2n) is 5.17. The van der Waals surface area contributed by atoms with Crippen LogP contribution in [0.5, 0.6) is 5.75 Å². The van der Waals surface area contributed by atoms with E-state index in [0.29, 0.717) is 13.2 Å². The Morgan fingerprint density at radius 2 is 1.73 bits per heavy atom. The molecule has 0 fully saturated rings. The van der Waals surface area contributed by atoms with Crippen LogP contribution in [0.2, 0.25) is 0 Å². The zero-order chi connectivity index (χ0) is 15.2. The molecule has 0 aliphatic rings. The van der Waals surface area contributed by atoms with Gasteiger partial charge in [0.1, 0.15) is 12.4 Å². The van der Waals surface area contributed by atoms with Crippen LogP contribution in [0.15, 0.2) is 66.7 Å². The molecule has 0 aliphatic heterocycles. The normalized spacial score (nSPS) is 10.6. The van der Waals surface area contributed by atoms with Crippen molar-refractivity contribution in [2.24, 2.45) is 5.73 Å². The number of nitrogens with one attached hydrogen (secondary N) is 1. The molecule has 0 aliphatic carbocycles. The predicted octanol–water partition coefficient (Wildman–Crippen LogP) is 3.79. The molecule has 0 amide bonds. The van der Waals surface area contributed by atoms with Gasteiger partial charge in [-0.2, -0.15) is 0 Å². The smallest absolute Gasteiger partial charge is 0.121 e. The lowest BCUT2D eigenvalue weighted by Gasteiger charge is -2.11. The molecule has 0 saturated heterocycles. The maximum atomic E-state index is 5.95. The highest BCUT2D eigenvalue weighted by Crippen LogP contribution is 2.22. The largest absolute Gasteiger partial charge is 0.489 e. The van der Waals surface area contributed by atoms with Gasteiger partial charge in [-0.15, -0.1) is 0 Å². The molecule has 3 N–H and O–H groups in total. The molecule has 0 bridgehead atoms. The van der Waals surface area contributed by atoms with Crippen LogP contribution in [-0.4, -0.2) is 13.1 Å². The van der Waals surface area contributed by atoms with Gasteiger partial charge in [0.15, 0.2) is 0 Å². The molecule has 3 aromatic rings. The van der Waals surface area contributed by atoms with Crippen LogP contribution in [-0.2, 0) is 6.61 Å². The number of hydrogen-bond acceptors (Lipinski definition) is 3. The van der Waals surface area contributed by atoms with Crippen LogP contribution in [0, 0.1) is 0 Å². The molecule has 22 heavy (non-hydrogen) atoms. The Balaban J connectivity index is 1.74. The van der Waals surface area contributed by atoms with E-state index < -0.39 is 0 Å². The Labute approximate surface area is 130 Å². The predicted molar refractivity (Wildman–Crippen MR) is 92.3 cm³/mol. The lowest BCUT2D eigenvalue weighted by atomic mass is 10.1. The lowest BCUT2D eigenvalue weighted by Crippen LogP contribution is -2.12. The van der Waals surface area contributed by atoms with Crippen molar-refractivity contribution in [2.45, 2.75) is 6.61 Å². The van der Waals surface area contributed by atoms with Crippen LogP contribution in [0.1, 0.15) is 5.56 Å². The number of fused-ring (bicyclic) bond motifs is 1. The lowest BCUT2D eigenvalue weighted by molar-refractivity contribution is 0.308. The first-order valence-corrected chi connectivity index (χ1v) is 7.50. The SMILES string of the molecule is NCCNc1cccc(OCc2cccc3ccccc23)c1. The number of rotatable bonds is 6. The molecule has 0 radical (unpaired) electrons. The number of ether oxygens (including phenoxy) is 1. The Morgan fingerprint density at radius 3 is 2.64 bits per heavy atom. The van der Waals surface area contributed by atoms with Crippen LogP contribution < -0.4 is 15.8 Å². The third-order valence-electron chi connectivity index (χ3n) is 3.58. The van der Waals surface area contributed by atoms with Crippen molar-refractivity contribution in [1.82, 2.24) is 0 Å². The van der Waals surface area contributed by atoms with Gasteiger partial charge in [0, 0.05) is 24.8 Å². The summed E-state index contributed by atoms with van der Waals surface area (Å²) in [4.78, 5) is 0. The van der Waals surface area contributed by atoms with E-state index in [1.165, 1.54) is 16.3 Å². The van der Waals surface area contributed by atoms with Gasteiger partial charge in [-0.05, 0) is 28.5 Å². The van der Waals surface area contributed by atoms with Crippen LogP contribution >= 0.6 is 0 Å². The minimum Gasteiger partial charge on any atom is -0.489 e. The number of nitrogens with two attached hydrogens (primary N) is 1. The molecule has 3 rings (SSSR count). The van der Waals surface area contributed by atoms with E-state index in [0.717, 1.165) is 18.0 Å². The number of hydrogen-bond donors (Lipinski definition) is 2. The highest BCUT2D eigenvalue weighted by molar-refractivity contribution is 5.85. The minimum atomic E-state index is 0.557. The molecule has 3 aromatic carbocycles. The summed E-state index contributed by atoms with van der Waals surface area (Å²) in [5.41, 5.74) is 7.73. The molecule has 0 atom stereocenters. The summed E-state index contributed by atoms with van der Waals surface area (Å²) >= 11 is 0. The molecule has 3 heteroatoms. The van der Waals surface area contributed by atoms with Crippen molar-refractivity contribution < 1.29 is 4.74 Å². The van der Waals surface area contributed by atoms with Gasteiger partial charge in [0.2, 0.25) is 0 Å². The summed E-state index contributed by atoms with van der Waals surface area (Å²) in [6.07, 6.45) is 0. The van der Waals surface area contributed by atoms with Gasteiger partial charge in [-0.1, -0.05) is 48.5 Å². The minimum absolute atomic E-state index is 0.557. The highest BCUT2D eigenvalue weighted by atomic mass is 16.5. The van der Waals surface area contributed by atoms with Gasteiger partial charge >= 0.3 is 0 Å². The fourth-order valence-corrected chi connectivity index (χ4v) is 2.49. The van der Waals surface area contributed by atoms with Gasteiger partial charge in [0.05, 0.1) is 0 Å². The monoisotopic (exact) mass is 292 g/mol. The van der Waals surface area contributed by atoms with E-state index in [-0.39, 0.29) is 0 Å². The molecule has 112 valence electrons. The summed E-state index contributed by atoms with van der Waals surface area (Å²) in [6, 6.07) is 22.6. The second kappa shape index (κ2) is 6.96. The highest BCUT2D eigenvalue weighted by Gasteiger charge is 2.02. The van der Waals surface area contributed by atoms with Crippen LogP contribution in [0.25, 0.3) is 10.8 Å². The van der Waals surface area contributed by atoms with Crippen LogP contribution in [0.4, 0.5) is 5.69 Å². The van der Waals surface area contributed by atoms with E-state index in [1.54, 1.807) is 0 Å². The van der Waals surface area contributed by atoms with Crippen LogP contribution in [0.3, 0.4) is 0 Å². The Bertz CT molecular complexity index is 750. The van der Waals surface area contributed by atoms with Gasteiger partial charge in [-0.3, -0.25) is 0 Å². The van der Waals surface area contributed by atoms with E-state index >= 15 is 0 Å². The van der Waals surface area contributed by atoms with Gasteiger partial charge in [-0.25, -0.2) is 0 Å². The van der Waals surface area contributed by atoms with Gasteiger partial charge in [0.25, 0.3) is 0 Å². The third kappa shape index (κ3) is 3.38. The molecular formula is C19H20N2O. The van der Waals surface area contributed by atoms with E-state index in [2.05, 4.69) is 47.8 Å². The second-order valence-corrected chi connectivity index (χ2v) is 5.17. The summed E-state index contributed by atoms with van der Waals surface area (Å²) in [6.45, 7) is 1.93. The number of anilines is 1. The summed E-state index contributed by atoms with van der Waals surface area (Å²) in [7, 11) is 0. The van der Waals surface area contributed by atoms with Crippen molar-refractivity contribution in [3.63, 3.8) is 0 Å². The molecule has 3 nitrogen and oxygen atoms in total. The number of benzene rings is 3.